The lowest BCUT2D eigenvalue weighted by Gasteiger charge is -2.27. The average molecular weight is 299 g/mol. The van der Waals surface area contributed by atoms with Crippen molar-refractivity contribution >= 4 is 15.7 Å². The number of sulfone groups is 1. The summed E-state index contributed by atoms with van der Waals surface area (Å²) in [6, 6.07) is 3.50. The average Bonchev–Trinajstić information content (AvgIpc) is 2.74. The molecule has 7 heteroatoms. The van der Waals surface area contributed by atoms with Crippen molar-refractivity contribution < 1.29 is 23.4 Å². The summed E-state index contributed by atoms with van der Waals surface area (Å²) in [6.45, 7) is 2.17. The fourth-order valence-electron chi connectivity index (χ4n) is 2.41. The zero-order valence-corrected chi connectivity index (χ0v) is 11.9. The van der Waals surface area contributed by atoms with Crippen LogP contribution in [-0.2, 0) is 9.84 Å². The van der Waals surface area contributed by atoms with Crippen LogP contribution in [0.25, 0.3) is 0 Å². The second-order valence-electron chi connectivity index (χ2n) is 4.85. The SMILES string of the molecule is CCN(C(=O)c1ccc(O)c(O)c1)C1CCS(=O)(=O)C1. The van der Waals surface area contributed by atoms with E-state index in [0.717, 1.165) is 0 Å². The predicted octanol–water partition coefficient (Wildman–Crippen LogP) is 0.747. The van der Waals surface area contributed by atoms with Gasteiger partial charge in [0.15, 0.2) is 21.3 Å². The molecule has 2 N–H and O–H groups in total. The highest BCUT2D eigenvalue weighted by Gasteiger charge is 2.34. The Balaban J connectivity index is 2.23. The van der Waals surface area contributed by atoms with Gasteiger partial charge in [0.25, 0.3) is 5.91 Å². The van der Waals surface area contributed by atoms with Gasteiger partial charge in [-0.2, -0.15) is 0 Å². The number of amides is 1. The number of hydrogen-bond donors (Lipinski definition) is 2. The van der Waals surface area contributed by atoms with Crippen molar-refractivity contribution in [3.63, 3.8) is 0 Å². The molecule has 1 fully saturated rings. The number of benzene rings is 1. The van der Waals surface area contributed by atoms with Gasteiger partial charge in [0.05, 0.1) is 11.5 Å². The lowest BCUT2D eigenvalue weighted by Crippen LogP contribution is -2.40. The quantitative estimate of drug-likeness (QED) is 0.803. The molecule has 1 heterocycles. The van der Waals surface area contributed by atoms with E-state index < -0.39 is 9.84 Å². The smallest absolute Gasteiger partial charge is 0.254 e. The van der Waals surface area contributed by atoms with Gasteiger partial charge in [-0.1, -0.05) is 0 Å². The minimum Gasteiger partial charge on any atom is -0.504 e. The summed E-state index contributed by atoms with van der Waals surface area (Å²) in [7, 11) is -3.06. The Morgan fingerprint density at radius 1 is 1.35 bits per heavy atom. The molecule has 0 spiro atoms. The van der Waals surface area contributed by atoms with Crippen LogP contribution in [0.15, 0.2) is 18.2 Å². The molecule has 20 heavy (non-hydrogen) atoms. The van der Waals surface area contributed by atoms with Crippen molar-refractivity contribution in [3.05, 3.63) is 23.8 Å². The molecule has 1 saturated heterocycles. The van der Waals surface area contributed by atoms with E-state index in [4.69, 9.17) is 0 Å². The standard InChI is InChI=1S/C13H17NO5S/c1-2-14(10-5-6-20(18,19)8-10)13(17)9-3-4-11(15)12(16)7-9/h3-4,7,10,15-16H,2,5-6,8H2,1H3. The Morgan fingerprint density at radius 3 is 2.55 bits per heavy atom. The molecule has 2 rings (SSSR count). The monoisotopic (exact) mass is 299 g/mol. The number of aromatic hydroxyl groups is 2. The van der Waals surface area contributed by atoms with E-state index in [9.17, 15) is 23.4 Å². The van der Waals surface area contributed by atoms with E-state index >= 15 is 0 Å². The van der Waals surface area contributed by atoms with Crippen LogP contribution in [0.3, 0.4) is 0 Å². The third-order valence-electron chi connectivity index (χ3n) is 3.47. The van der Waals surface area contributed by atoms with Gasteiger partial charge in [-0.05, 0) is 31.5 Å². The molecule has 1 amide bonds. The van der Waals surface area contributed by atoms with Crippen LogP contribution in [0.1, 0.15) is 23.7 Å². The second-order valence-corrected chi connectivity index (χ2v) is 7.08. The lowest BCUT2D eigenvalue weighted by molar-refractivity contribution is 0.0708. The third-order valence-corrected chi connectivity index (χ3v) is 5.22. The summed E-state index contributed by atoms with van der Waals surface area (Å²) < 4.78 is 23.0. The van der Waals surface area contributed by atoms with E-state index in [1.165, 1.54) is 23.1 Å². The number of carbonyl (C=O) groups is 1. The third kappa shape index (κ3) is 2.87. The summed E-state index contributed by atoms with van der Waals surface area (Å²) >= 11 is 0. The van der Waals surface area contributed by atoms with Crippen molar-refractivity contribution in [1.82, 2.24) is 4.90 Å². The zero-order chi connectivity index (χ0) is 14.9. The molecule has 0 radical (unpaired) electrons. The van der Waals surface area contributed by atoms with E-state index in [1.807, 2.05) is 0 Å². The van der Waals surface area contributed by atoms with Crippen LogP contribution < -0.4 is 0 Å². The summed E-state index contributed by atoms with van der Waals surface area (Å²) in [5.41, 5.74) is 0.228. The Morgan fingerprint density at radius 2 is 2.05 bits per heavy atom. The number of rotatable bonds is 3. The summed E-state index contributed by atoms with van der Waals surface area (Å²) in [5, 5.41) is 18.7. The summed E-state index contributed by atoms with van der Waals surface area (Å²) in [4.78, 5) is 13.9. The van der Waals surface area contributed by atoms with Gasteiger partial charge in [0, 0.05) is 18.2 Å². The van der Waals surface area contributed by atoms with E-state index in [2.05, 4.69) is 0 Å². The maximum absolute atomic E-state index is 12.4. The molecule has 110 valence electrons. The fourth-order valence-corrected chi connectivity index (χ4v) is 4.14. The molecule has 1 aliphatic rings. The minimum atomic E-state index is -3.06. The first-order valence-electron chi connectivity index (χ1n) is 6.37. The largest absolute Gasteiger partial charge is 0.504 e. The highest BCUT2D eigenvalue weighted by molar-refractivity contribution is 7.91. The van der Waals surface area contributed by atoms with Crippen molar-refractivity contribution in [2.24, 2.45) is 0 Å². The lowest BCUT2D eigenvalue weighted by atomic mass is 10.1. The molecule has 1 aromatic rings. The van der Waals surface area contributed by atoms with Gasteiger partial charge in [-0.15, -0.1) is 0 Å². The minimum absolute atomic E-state index is 0.0172. The number of hydrogen-bond acceptors (Lipinski definition) is 5. The molecule has 1 atom stereocenters. The van der Waals surface area contributed by atoms with Crippen LogP contribution in [0.4, 0.5) is 0 Å². The Kier molecular flexibility index (Phi) is 3.89. The maximum Gasteiger partial charge on any atom is 0.254 e. The van der Waals surface area contributed by atoms with Crippen LogP contribution in [0.2, 0.25) is 0 Å². The Labute approximate surface area is 117 Å². The highest BCUT2D eigenvalue weighted by atomic mass is 32.2. The molecular formula is C13H17NO5S. The first-order chi connectivity index (χ1) is 9.34. The number of nitrogens with zero attached hydrogens (tertiary/aromatic N) is 1. The highest BCUT2D eigenvalue weighted by Crippen LogP contribution is 2.27. The van der Waals surface area contributed by atoms with Crippen molar-refractivity contribution in [2.75, 3.05) is 18.1 Å². The molecular weight excluding hydrogens is 282 g/mol. The normalized spacial score (nSPS) is 20.8. The van der Waals surface area contributed by atoms with Crippen molar-refractivity contribution in [3.8, 4) is 11.5 Å². The van der Waals surface area contributed by atoms with Crippen molar-refractivity contribution in [1.29, 1.82) is 0 Å². The predicted molar refractivity (Wildman–Crippen MR) is 73.5 cm³/mol. The summed E-state index contributed by atoms with van der Waals surface area (Å²) in [5.74, 6) is -0.928. The van der Waals surface area contributed by atoms with E-state index in [1.54, 1.807) is 6.92 Å². The van der Waals surface area contributed by atoms with Gasteiger partial charge >= 0.3 is 0 Å². The van der Waals surface area contributed by atoms with Gasteiger partial charge < -0.3 is 15.1 Å². The van der Waals surface area contributed by atoms with E-state index in [-0.39, 0.29) is 40.5 Å². The molecule has 6 nitrogen and oxygen atoms in total. The molecule has 0 saturated carbocycles. The Bertz CT molecular complexity index is 626. The van der Waals surface area contributed by atoms with E-state index in [0.29, 0.717) is 13.0 Å². The van der Waals surface area contributed by atoms with Crippen molar-refractivity contribution in [2.45, 2.75) is 19.4 Å². The van der Waals surface area contributed by atoms with Crippen LogP contribution in [0.5, 0.6) is 11.5 Å². The van der Waals surface area contributed by atoms with Gasteiger partial charge in [-0.25, -0.2) is 8.42 Å². The van der Waals surface area contributed by atoms with Gasteiger partial charge in [0.2, 0.25) is 0 Å². The number of phenolic OH excluding ortho intramolecular Hbond substituents is 2. The molecule has 0 aliphatic carbocycles. The molecule has 0 bridgehead atoms. The maximum atomic E-state index is 12.4. The van der Waals surface area contributed by atoms with Gasteiger partial charge in [-0.3, -0.25) is 4.79 Å². The molecule has 1 aliphatic heterocycles. The molecule has 0 aromatic heterocycles. The van der Waals surface area contributed by atoms with Crippen LogP contribution >= 0.6 is 0 Å². The Hall–Kier alpha value is -1.76. The summed E-state index contributed by atoms with van der Waals surface area (Å²) in [6.07, 6.45) is 0.436. The zero-order valence-electron chi connectivity index (χ0n) is 11.1. The number of phenols is 2. The molecule has 1 unspecified atom stereocenters. The molecule has 1 aromatic carbocycles. The fraction of sp³-hybridized carbons (Fsp3) is 0.462. The first kappa shape index (κ1) is 14.6. The number of carbonyl (C=O) groups excluding carboxylic acids is 1. The first-order valence-corrected chi connectivity index (χ1v) is 8.19. The van der Waals surface area contributed by atoms with Crippen LogP contribution in [-0.4, -0.2) is 53.5 Å². The van der Waals surface area contributed by atoms with Gasteiger partial charge in [0.1, 0.15) is 0 Å². The second kappa shape index (κ2) is 5.32. The van der Waals surface area contributed by atoms with Crippen LogP contribution in [0, 0.1) is 0 Å². The topological polar surface area (TPSA) is 94.9 Å².